The van der Waals surface area contributed by atoms with Crippen molar-refractivity contribution in [1.29, 1.82) is 0 Å². The molecule has 1 rings (SSSR count). The van der Waals surface area contributed by atoms with Gasteiger partial charge in [0.1, 0.15) is 0 Å². The Hall–Kier alpha value is -0.0800. The molecule has 2 unspecified atom stereocenters. The van der Waals surface area contributed by atoms with E-state index in [1.165, 1.54) is 51.4 Å². The molecule has 0 aromatic heterocycles. The molecule has 0 heterocycles. The average molecular weight is 227 g/mol. The maximum absolute atomic E-state index is 5.92. The zero-order valence-electron chi connectivity index (χ0n) is 11.1. The van der Waals surface area contributed by atoms with Crippen LogP contribution in [0.2, 0.25) is 0 Å². The summed E-state index contributed by atoms with van der Waals surface area (Å²) in [5.74, 6) is 0. The minimum Gasteiger partial charge on any atom is -0.378 e. The van der Waals surface area contributed by atoms with Gasteiger partial charge in [-0.25, -0.2) is 0 Å². The van der Waals surface area contributed by atoms with Crippen molar-refractivity contribution in [2.24, 2.45) is 0 Å². The van der Waals surface area contributed by atoms with Gasteiger partial charge in [0, 0.05) is 12.6 Å². The van der Waals surface area contributed by atoms with Crippen molar-refractivity contribution in [2.45, 2.75) is 77.4 Å². The maximum Gasteiger partial charge on any atom is 0.0590 e. The van der Waals surface area contributed by atoms with Gasteiger partial charge in [0.25, 0.3) is 0 Å². The Labute approximate surface area is 101 Å². The first-order chi connectivity index (χ1) is 7.86. The first kappa shape index (κ1) is 14.0. The van der Waals surface area contributed by atoms with Crippen molar-refractivity contribution in [3.05, 3.63) is 0 Å². The molecule has 0 spiro atoms. The SMILES string of the molecule is CCCCCCCOC1CCC(NCC)C1. The summed E-state index contributed by atoms with van der Waals surface area (Å²) in [6.45, 7) is 6.51. The van der Waals surface area contributed by atoms with E-state index in [0.29, 0.717) is 6.10 Å². The summed E-state index contributed by atoms with van der Waals surface area (Å²) < 4.78 is 5.92. The van der Waals surface area contributed by atoms with Gasteiger partial charge in [-0.2, -0.15) is 0 Å². The third-order valence-electron chi connectivity index (χ3n) is 3.48. The molecule has 1 fully saturated rings. The lowest BCUT2D eigenvalue weighted by Crippen LogP contribution is -2.26. The van der Waals surface area contributed by atoms with E-state index in [4.69, 9.17) is 4.74 Å². The molecule has 0 saturated heterocycles. The highest BCUT2D eigenvalue weighted by atomic mass is 16.5. The monoisotopic (exact) mass is 227 g/mol. The van der Waals surface area contributed by atoms with Gasteiger partial charge in [-0.15, -0.1) is 0 Å². The fourth-order valence-electron chi connectivity index (χ4n) is 2.52. The molecule has 0 aromatic rings. The summed E-state index contributed by atoms with van der Waals surface area (Å²) in [6, 6.07) is 0.718. The van der Waals surface area contributed by atoms with Crippen LogP contribution < -0.4 is 5.32 Å². The summed E-state index contributed by atoms with van der Waals surface area (Å²) in [7, 11) is 0. The predicted octanol–water partition coefficient (Wildman–Crippen LogP) is 3.50. The summed E-state index contributed by atoms with van der Waals surface area (Å²) >= 11 is 0. The molecule has 0 bridgehead atoms. The second-order valence-corrected chi connectivity index (χ2v) is 4.97. The molecular formula is C14H29NO. The summed E-state index contributed by atoms with van der Waals surface area (Å²) in [5.41, 5.74) is 0. The topological polar surface area (TPSA) is 21.3 Å². The van der Waals surface area contributed by atoms with E-state index >= 15 is 0 Å². The molecule has 1 N–H and O–H groups in total. The number of hydrogen-bond acceptors (Lipinski definition) is 2. The Morgan fingerprint density at radius 3 is 2.62 bits per heavy atom. The van der Waals surface area contributed by atoms with Gasteiger partial charge in [-0.3, -0.25) is 0 Å². The quantitative estimate of drug-likeness (QED) is 0.609. The van der Waals surface area contributed by atoms with Crippen molar-refractivity contribution < 1.29 is 4.74 Å². The predicted molar refractivity (Wildman–Crippen MR) is 69.8 cm³/mol. The number of nitrogens with one attached hydrogen (secondary N) is 1. The molecule has 1 saturated carbocycles. The van der Waals surface area contributed by atoms with Gasteiger partial charge in [0.2, 0.25) is 0 Å². The van der Waals surface area contributed by atoms with E-state index in [-0.39, 0.29) is 0 Å². The van der Waals surface area contributed by atoms with E-state index in [0.717, 1.165) is 19.2 Å². The van der Waals surface area contributed by atoms with Crippen LogP contribution in [-0.2, 0) is 4.74 Å². The van der Waals surface area contributed by atoms with Gasteiger partial charge in [-0.1, -0.05) is 39.5 Å². The molecule has 0 amide bonds. The molecule has 1 aliphatic carbocycles. The van der Waals surface area contributed by atoms with Crippen LogP contribution in [0.25, 0.3) is 0 Å². The third-order valence-corrected chi connectivity index (χ3v) is 3.48. The molecule has 2 heteroatoms. The van der Waals surface area contributed by atoms with E-state index in [2.05, 4.69) is 19.2 Å². The highest BCUT2D eigenvalue weighted by Crippen LogP contribution is 2.22. The fraction of sp³-hybridized carbons (Fsp3) is 1.00. The van der Waals surface area contributed by atoms with Crippen LogP contribution in [0.15, 0.2) is 0 Å². The first-order valence-electron chi connectivity index (χ1n) is 7.21. The largest absolute Gasteiger partial charge is 0.378 e. The number of unbranched alkanes of at least 4 members (excludes halogenated alkanes) is 4. The summed E-state index contributed by atoms with van der Waals surface area (Å²) in [6.07, 6.45) is 11.0. The molecule has 1 aliphatic rings. The van der Waals surface area contributed by atoms with Crippen molar-refractivity contribution in [2.75, 3.05) is 13.2 Å². The Morgan fingerprint density at radius 2 is 1.88 bits per heavy atom. The van der Waals surface area contributed by atoms with Crippen LogP contribution in [-0.4, -0.2) is 25.3 Å². The normalized spacial score (nSPS) is 25.1. The Balaban J connectivity index is 1.90. The van der Waals surface area contributed by atoms with Gasteiger partial charge < -0.3 is 10.1 Å². The second-order valence-electron chi connectivity index (χ2n) is 4.97. The summed E-state index contributed by atoms with van der Waals surface area (Å²) in [5, 5.41) is 3.51. The molecule has 0 radical (unpaired) electrons. The van der Waals surface area contributed by atoms with Crippen LogP contribution in [0, 0.1) is 0 Å². The Morgan fingerprint density at radius 1 is 1.06 bits per heavy atom. The molecule has 0 aliphatic heterocycles. The van der Waals surface area contributed by atoms with Crippen molar-refractivity contribution in [3.63, 3.8) is 0 Å². The third kappa shape index (κ3) is 5.86. The number of rotatable bonds is 9. The fourth-order valence-corrected chi connectivity index (χ4v) is 2.52. The molecule has 0 aromatic carbocycles. The molecule has 2 atom stereocenters. The van der Waals surface area contributed by atoms with Crippen LogP contribution in [0.5, 0.6) is 0 Å². The lowest BCUT2D eigenvalue weighted by atomic mass is 10.2. The molecule has 2 nitrogen and oxygen atoms in total. The van der Waals surface area contributed by atoms with Crippen LogP contribution >= 0.6 is 0 Å². The molecule has 16 heavy (non-hydrogen) atoms. The van der Waals surface area contributed by atoms with Gasteiger partial charge in [0.15, 0.2) is 0 Å². The van der Waals surface area contributed by atoms with E-state index in [9.17, 15) is 0 Å². The maximum atomic E-state index is 5.92. The number of ether oxygens (including phenoxy) is 1. The zero-order valence-corrected chi connectivity index (χ0v) is 11.1. The van der Waals surface area contributed by atoms with Gasteiger partial charge in [0.05, 0.1) is 6.10 Å². The van der Waals surface area contributed by atoms with Crippen molar-refractivity contribution >= 4 is 0 Å². The lowest BCUT2D eigenvalue weighted by Gasteiger charge is -2.13. The van der Waals surface area contributed by atoms with Gasteiger partial charge in [-0.05, 0) is 32.2 Å². The smallest absolute Gasteiger partial charge is 0.0590 e. The minimum atomic E-state index is 0.537. The Bertz CT molecular complexity index is 161. The standard InChI is InChI=1S/C14H29NO/c1-3-5-6-7-8-11-16-14-10-9-13(12-14)15-4-2/h13-15H,3-12H2,1-2H3. The minimum absolute atomic E-state index is 0.537. The van der Waals surface area contributed by atoms with Crippen molar-refractivity contribution in [3.8, 4) is 0 Å². The van der Waals surface area contributed by atoms with Crippen LogP contribution in [0.3, 0.4) is 0 Å². The molecular weight excluding hydrogens is 198 g/mol. The number of hydrogen-bond donors (Lipinski definition) is 1. The Kier molecular flexibility index (Phi) is 7.87. The molecule has 96 valence electrons. The highest BCUT2D eigenvalue weighted by Gasteiger charge is 2.23. The van der Waals surface area contributed by atoms with Crippen LogP contribution in [0.4, 0.5) is 0 Å². The van der Waals surface area contributed by atoms with E-state index in [1.54, 1.807) is 0 Å². The highest BCUT2D eigenvalue weighted by molar-refractivity contribution is 4.80. The summed E-state index contributed by atoms with van der Waals surface area (Å²) in [4.78, 5) is 0. The second kappa shape index (κ2) is 9.00. The zero-order chi connectivity index (χ0) is 11.6. The van der Waals surface area contributed by atoms with Crippen LogP contribution in [0.1, 0.15) is 65.2 Å². The van der Waals surface area contributed by atoms with Gasteiger partial charge >= 0.3 is 0 Å². The average Bonchev–Trinajstić information content (AvgIpc) is 2.72. The first-order valence-corrected chi connectivity index (χ1v) is 7.21. The van der Waals surface area contributed by atoms with E-state index in [1.807, 2.05) is 0 Å². The van der Waals surface area contributed by atoms with E-state index < -0.39 is 0 Å². The lowest BCUT2D eigenvalue weighted by molar-refractivity contribution is 0.0541. The van der Waals surface area contributed by atoms with Crippen molar-refractivity contribution in [1.82, 2.24) is 5.32 Å².